The molecule has 2 aromatic carbocycles. The molecule has 2 N–H and O–H groups in total. The lowest BCUT2D eigenvalue weighted by Gasteiger charge is -2.11. The highest BCUT2D eigenvalue weighted by atomic mass is 16.5. The summed E-state index contributed by atoms with van der Waals surface area (Å²) in [4.78, 5) is 0. The van der Waals surface area contributed by atoms with Gasteiger partial charge in [0.25, 0.3) is 0 Å². The molecule has 0 fully saturated rings. The number of ether oxygens (including phenoxy) is 1. The van der Waals surface area contributed by atoms with Crippen LogP contribution in [0.3, 0.4) is 0 Å². The largest absolute Gasteiger partial charge is 0.457 e. The average molecular weight is 255 g/mol. The predicted octanol–water partition coefficient (Wildman–Crippen LogP) is 4.62. The molecule has 0 aliphatic heterocycles. The summed E-state index contributed by atoms with van der Waals surface area (Å²) in [6.45, 7) is 6.33. The van der Waals surface area contributed by atoms with Gasteiger partial charge < -0.3 is 10.5 Å². The van der Waals surface area contributed by atoms with Crippen molar-refractivity contribution in [1.29, 1.82) is 0 Å². The van der Waals surface area contributed by atoms with E-state index < -0.39 is 0 Å². The van der Waals surface area contributed by atoms with Gasteiger partial charge in [-0.3, -0.25) is 0 Å². The first-order valence-electron chi connectivity index (χ1n) is 6.69. The fourth-order valence-corrected chi connectivity index (χ4v) is 1.91. The summed E-state index contributed by atoms with van der Waals surface area (Å²) in [6, 6.07) is 16.2. The molecule has 0 aromatic heterocycles. The summed E-state index contributed by atoms with van der Waals surface area (Å²) in [7, 11) is 0. The Balaban J connectivity index is 2.14. The third-order valence-corrected chi connectivity index (χ3v) is 3.17. The molecule has 2 heteroatoms. The zero-order chi connectivity index (χ0) is 13.8. The van der Waals surface area contributed by atoms with Crippen LogP contribution >= 0.6 is 0 Å². The standard InChI is InChI=1S/C17H21NO/c1-12(2)15-5-4-6-17(11-15)19-16-9-7-14(8-10-16)13(3)18/h4-13H,18H2,1-3H3/t13-/m1/s1. The Morgan fingerprint density at radius 2 is 1.53 bits per heavy atom. The van der Waals surface area contributed by atoms with E-state index in [-0.39, 0.29) is 6.04 Å². The van der Waals surface area contributed by atoms with Crippen molar-refractivity contribution in [1.82, 2.24) is 0 Å². The van der Waals surface area contributed by atoms with Crippen molar-refractivity contribution in [2.24, 2.45) is 5.73 Å². The molecule has 0 aliphatic rings. The molecule has 100 valence electrons. The maximum absolute atomic E-state index is 5.86. The Hall–Kier alpha value is -1.80. The summed E-state index contributed by atoms with van der Waals surface area (Å²) in [5.74, 6) is 2.22. The van der Waals surface area contributed by atoms with Crippen LogP contribution in [0.4, 0.5) is 0 Å². The topological polar surface area (TPSA) is 35.2 Å². The van der Waals surface area contributed by atoms with Crippen LogP contribution in [0, 0.1) is 0 Å². The molecular formula is C17H21NO. The second kappa shape index (κ2) is 5.89. The lowest BCUT2D eigenvalue weighted by molar-refractivity contribution is 0.481. The molecule has 19 heavy (non-hydrogen) atoms. The zero-order valence-corrected chi connectivity index (χ0v) is 11.8. The fraction of sp³-hybridized carbons (Fsp3) is 0.294. The lowest BCUT2D eigenvalue weighted by Crippen LogP contribution is -2.04. The Labute approximate surface area is 115 Å². The Kier molecular flexibility index (Phi) is 4.23. The van der Waals surface area contributed by atoms with Crippen LogP contribution in [0.25, 0.3) is 0 Å². The molecule has 1 atom stereocenters. The van der Waals surface area contributed by atoms with Crippen LogP contribution in [0.2, 0.25) is 0 Å². The van der Waals surface area contributed by atoms with Crippen LogP contribution < -0.4 is 10.5 Å². The van der Waals surface area contributed by atoms with Crippen LogP contribution in [0.1, 0.15) is 43.9 Å². The van der Waals surface area contributed by atoms with Crippen LogP contribution in [-0.2, 0) is 0 Å². The van der Waals surface area contributed by atoms with Crippen LogP contribution in [0.5, 0.6) is 11.5 Å². The van der Waals surface area contributed by atoms with Gasteiger partial charge in [-0.15, -0.1) is 0 Å². The van der Waals surface area contributed by atoms with E-state index >= 15 is 0 Å². The van der Waals surface area contributed by atoms with Crippen LogP contribution in [0.15, 0.2) is 48.5 Å². The van der Waals surface area contributed by atoms with E-state index in [1.54, 1.807) is 0 Å². The van der Waals surface area contributed by atoms with Gasteiger partial charge in [0.2, 0.25) is 0 Å². The Morgan fingerprint density at radius 1 is 0.842 bits per heavy atom. The van der Waals surface area contributed by atoms with E-state index in [2.05, 4.69) is 26.0 Å². The highest BCUT2D eigenvalue weighted by Crippen LogP contribution is 2.26. The third-order valence-electron chi connectivity index (χ3n) is 3.17. The SMILES string of the molecule is CC(C)c1cccc(Oc2ccc([C@@H](C)N)cc2)c1. The van der Waals surface area contributed by atoms with E-state index in [4.69, 9.17) is 10.5 Å². The highest BCUT2D eigenvalue weighted by Gasteiger charge is 2.03. The second-order valence-electron chi connectivity index (χ2n) is 5.19. The maximum Gasteiger partial charge on any atom is 0.127 e. The monoisotopic (exact) mass is 255 g/mol. The Bertz CT molecular complexity index is 529. The van der Waals surface area contributed by atoms with Crippen molar-refractivity contribution in [2.75, 3.05) is 0 Å². The quantitative estimate of drug-likeness (QED) is 0.865. The maximum atomic E-state index is 5.86. The summed E-state index contributed by atoms with van der Waals surface area (Å²) >= 11 is 0. The van der Waals surface area contributed by atoms with Crippen molar-refractivity contribution in [3.8, 4) is 11.5 Å². The predicted molar refractivity (Wildman–Crippen MR) is 79.6 cm³/mol. The first kappa shape index (κ1) is 13.6. The molecule has 0 radical (unpaired) electrons. The van der Waals surface area contributed by atoms with E-state index in [9.17, 15) is 0 Å². The van der Waals surface area contributed by atoms with Crippen molar-refractivity contribution in [3.05, 3.63) is 59.7 Å². The number of nitrogens with two attached hydrogens (primary N) is 1. The molecule has 2 aromatic rings. The van der Waals surface area contributed by atoms with Gasteiger partial charge >= 0.3 is 0 Å². The van der Waals surface area contributed by atoms with Crippen LogP contribution in [-0.4, -0.2) is 0 Å². The molecule has 0 saturated heterocycles. The van der Waals surface area contributed by atoms with Gasteiger partial charge in [0.1, 0.15) is 11.5 Å². The van der Waals surface area contributed by atoms with Crippen molar-refractivity contribution < 1.29 is 4.74 Å². The van der Waals surface area contributed by atoms with Crippen molar-refractivity contribution in [3.63, 3.8) is 0 Å². The highest BCUT2D eigenvalue weighted by molar-refractivity contribution is 5.36. The summed E-state index contributed by atoms with van der Waals surface area (Å²) < 4.78 is 5.86. The zero-order valence-electron chi connectivity index (χ0n) is 11.8. The summed E-state index contributed by atoms with van der Waals surface area (Å²) in [5, 5.41) is 0. The minimum atomic E-state index is 0.0540. The Morgan fingerprint density at radius 3 is 2.11 bits per heavy atom. The van der Waals surface area contributed by atoms with Gasteiger partial charge in [-0.2, -0.15) is 0 Å². The minimum Gasteiger partial charge on any atom is -0.457 e. The number of rotatable bonds is 4. The van der Waals surface area contributed by atoms with Gasteiger partial charge in [-0.05, 0) is 48.2 Å². The van der Waals surface area contributed by atoms with E-state index in [1.165, 1.54) is 5.56 Å². The molecule has 2 nitrogen and oxygen atoms in total. The molecule has 0 spiro atoms. The fourth-order valence-electron chi connectivity index (χ4n) is 1.91. The first-order chi connectivity index (χ1) is 9.06. The van der Waals surface area contributed by atoms with Gasteiger partial charge in [0.15, 0.2) is 0 Å². The summed E-state index contributed by atoms with van der Waals surface area (Å²) in [5.41, 5.74) is 8.22. The smallest absolute Gasteiger partial charge is 0.127 e. The number of hydrogen-bond donors (Lipinski definition) is 1. The number of benzene rings is 2. The summed E-state index contributed by atoms with van der Waals surface area (Å²) in [6.07, 6.45) is 0. The molecule has 0 unspecified atom stereocenters. The molecule has 2 rings (SSSR count). The second-order valence-corrected chi connectivity index (χ2v) is 5.19. The molecule has 0 aliphatic carbocycles. The van der Waals surface area contributed by atoms with Crippen molar-refractivity contribution in [2.45, 2.75) is 32.7 Å². The lowest BCUT2D eigenvalue weighted by atomic mass is 10.0. The molecule has 0 saturated carbocycles. The van der Waals surface area contributed by atoms with E-state index in [0.717, 1.165) is 17.1 Å². The average Bonchev–Trinajstić information content (AvgIpc) is 2.39. The molecule has 0 heterocycles. The molecule has 0 amide bonds. The molecular weight excluding hydrogens is 234 g/mol. The minimum absolute atomic E-state index is 0.0540. The third kappa shape index (κ3) is 3.58. The van der Waals surface area contributed by atoms with Gasteiger partial charge in [0.05, 0.1) is 0 Å². The molecule has 0 bridgehead atoms. The normalized spacial score (nSPS) is 12.5. The van der Waals surface area contributed by atoms with Crippen molar-refractivity contribution >= 4 is 0 Å². The van der Waals surface area contributed by atoms with Gasteiger partial charge in [-0.25, -0.2) is 0 Å². The number of hydrogen-bond acceptors (Lipinski definition) is 2. The van der Waals surface area contributed by atoms with Gasteiger partial charge in [-0.1, -0.05) is 38.1 Å². The first-order valence-corrected chi connectivity index (χ1v) is 6.69. The van der Waals surface area contributed by atoms with E-state index in [1.807, 2.05) is 43.3 Å². The van der Waals surface area contributed by atoms with E-state index in [0.29, 0.717) is 5.92 Å². The van der Waals surface area contributed by atoms with Gasteiger partial charge in [0, 0.05) is 6.04 Å².